The lowest BCUT2D eigenvalue weighted by Crippen LogP contribution is -2.36. The Bertz CT molecular complexity index is 1860. The monoisotopic (exact) mass is 796 g/mol. The first-order valence-electron chi connectivity index (χ1n) is 17.5. The van der Waals surface area contributed by atoms with Crippen LogP contribution in [0, 0.1) is 4.78 Å². The molecule has 0 aromatic heterocycles. The number of hydrogen-bond donors (Lipinski definition) is 3. The molecule has 2 atom stereocenters. The second-order valence-electron chi connectivity index (χ2n) is 13.5. The summed E-state index contributed by atoms with van der Waals surface area (Å²) in [5.41, 5.74) is 3.75. The molecule has 0 radical (unpaired) electrons. The quantitative estimate of drug-likeness (QED) is 0.287. The molecule has 13 nitrogen and oxygen atoms in total. The standard InChI is InChI=1S/C18H23F2N3O3S2.C17H23N3O4S/c1-21-28(25)8-6-13(7-9-28)12-2-4-14(5-3-12)23-11-15(26-18(23)24)10-22-17(27)16(19)20;1-12(21)19-10-16-11-20(17(22)24-16)15-4-2-13(3-5-15)14-6-8-25(18,23)9-7-14/h2-5,13,15-16H,6-11H2,1H3,(H,22,27);2-5,14,16,18H,6-11H2,1H3,(H,19,21)/t13?,15-,28?;14?,16-,25?/m00/s1. The number of benzene rings is 2. The Kier molecular flexibility index (Phi) is 13.3. The van der Waals surface area contributed by atoms with Crippen LogP contribution in [0.2, 0.25) is 0 Å². The van der Waals surface area contributed by atoms with Gasteiger partial charge in [0.15, 0.2) is 0 Å². The van der Waals surface area contributed by atoms with Gasteiger partial charge in [0, 0.05) is 67.8 Å². The van der Waals surface area contributed by atoms with Crippen molar-refractivity contribution in [2.24, 2.45) is 4.36 Å². The van der Waals surface area contributed by atoms with Gasteiger partial charge in [-0.1, -0.05) is 36.5 Å². The lowest BCUT2D eigenvalue weighted by Gasteiger charge is -2.25. The number of halogens is 2. The van der Waals surface area contributed by atoms with Crippen LogP contribution in [0.5, 0.6) is 0 Å². The highest BCUT2D eigenvalue weighted by Crippen LogP contribution is 2.33. The van der Waals surface area contributed by atoms with Gasteiger partial charge in [-0.25, -0.2) is 31.2 Å². The van der Waals surface area contributed by atoms with Crippen LogP contribution < -0.4 is 20.4 Å². The first kappa shape index (κ1) is 40.3. The number of carbonyl (C=O) groups is 3. The Balaban J connectivity index is 0.000000206. The van der Waals surface area contributed by atoms with Crippen molar-refractivity contribution in [2.75, 3.05) is 66.0 Å². The van der Waals surface area contributed by atoms with E-state index in [4.69, 9.17) is 14.3 Å². The van der Waals surface area contributed by atoms with Crippen molar-refractivity contribution in [3.63, 3.8) is 0 Å². The molecule has 0 bridgehead atoms. The molecule has 0 saturated carbocycles. The van der Waals surface area contributed by atoms with Crippen molar-refractivity contribution >= 4 is 66.1 Å². The molecule has 4 fully saturated rings. The molecule has 0 aliphatic carbocycles. The minimum absolute atomic E-state index is 0.0489. The smallest absolute Gasteiger partial charge is 0.414 e. The summed E-state index contributed by atoms with van der Waals surface area (Å²) in [6.45, 7) is 2.46. The van der Waals surface area contributed by atoms with Crippen molar-refractivity contribution in [3.05, 3.63) is 59.7 Å². The molecule has 6 rings (SSSR count). The number of rotatable bonds is 9. The van der Waals surface area contributed by atoms with Crippen molar-refractivity contribution < 1.29 is 41.1 Å². The van der Waals surface area contributed by atoms with E-state index in [1.807, 2.05) is 48.5 Å². The van der Waals surface area contributed by atoms with Gasteiger partial charge in [0.1, 0.15) is 17.2 Å². The Labute approximate surface area is 314 Å². The number of nitrogens with one attached hydrogen (secondary N) is 3. The maximum absolute atomic E-state index is 12.4. The molecule has 4 aliphatic heterocycles. The van der Waals surface area contributed by atoms with Crippen molar-refractivity contribution in [3.8, 4) is 0 Å². The molecule has 290 valence electrons. The number of ether oxygens (including phenoxy) is 2. The van der Waals surface area contributed by atoms with Gasteiger partial charge in [-0.3, -0.25) is 19.4 Å². The molecular formula is C35H46F2N6O7S3. The zero-order valence-corrected chi connectivity index (χ0v) is 32.1. The highest BCUT2D eigenvalue weighted by atomic mass is 32.2. The molecule has 4 heterocycles. The first-order valence-corrected chi connectivity index (χ1v) is 21.6. The molecule has 4 aliphatic rings. The number of amides is 3. The van der Waals surface area contributed by atoms with Crippen LogP contribution >= 0.6 is 12.2 Å². The predicted molar refractivity (Wildman–Crippen MR) is 204 cm³/mol. The third-order valence-corrected chi connectivity index (χ3v) is 14.4. The first-order chi connectivity index (χ1) is 25.1. The normalized spacial score (nSPS) is 28.4. The van der Waals surface area contributed by atoms with Crippen LogP contribution in [0.3, 0.4) is 0 Å². The van der Waals surface area contributed by atoms with E-state index in [1.165, 1.54) is 11.8 Å². The van der Waals surface area contributed by atoms with E-state index in [9.17, 15) is 31.6 Å². The molecular weight excluding hydrogens is 751 g/mol. The summed E-state index contributed by atoms with van der Waals surface area (Å²) in [5, 5.41) is 5.08. The summed E-state index contributed by atoms with van der Waals surface area (Å²) in [6, 6.07) is 15.4. The molecule has 3 amide bonds. The topological polar surface area (TPSA) is 171 Å². The van der Waals surface area contributed by atoms with Crippen LogP contribution in [-0.2, 0) is 33.7 Å². The zero-order chi connectivity index (χ0) is 38.3. The van der Waals surface area contributed by atoms with Gasteiger partial charge in [0.25, 0.3) is 6.43 Å². The third-order valence-electron chi connectivity index (χ3n) is 9.88. The summed E-state index contributed by atoms with van der Waals surface area (Å²) >= 11 is 4.52. The number of alkyl halides is 2. The highest BCUT2D eigenvalue weighted by molar-refractivity contribution is 7.93. The lowest BCUT2D eigenvalue weighted by atomic mass is 9.93. The highest BCUT2D eigenvalue weighted by Gasteiger charge is 2.34. The van der Waals surface area contributed by atoms with Crippen molar-refractivity contribution in [1.82, 2.24) is 10.6 Å². The minimum Gasteiger partial charge on any atom is -0.442 e. The van der Waals surface area contributed by atoms with Gasteiger partial charge in [0.05, 0.1) is 26.2 Å². The van der Waals surface area contributed by atoms with Crippen molar-refractivity contribution in [1.29, 1.82) is 4.78 Å². The van der Waals surface area contributed by atoms with Crippen LogP contribution in [0.4, 0.5) is 29.7 Å². The largest absolute Gasteiger partial charge is 0.442 e. The van der Waals surface area contributed by atoms with Crippen molar-refractivity contribution in [2.45, 2.75) is 63.1 Å². The molecule has 2 aromatic rings. The van der Waals surface area contributed by atoms with E-state index in [1.54, 1.807) is 11.9 Å². The molecule has 0 spiro atoms. The molecule has 3 N–H and O–H groups in total. The summed E-state index contributed by atoms with van der Waals surface area (Å²) in [7, 11) is -2.78. The number of nitrogens with zero attached hydrogens (tertiary/aromatic N) is 3. The molecule has 4 saturated heterocycles. The van der Waals surface area contributed by atoms with Crippen LogP contribution in [-0.4, -0.2) is 106 Å². The van der Waals surface area contributed by atoms with Crippen LogP contribution in [0.1, 0.15) is 55.6 Å². The lowest BCUT2D eigenvalue weighted by molar-refractivity contribution is -0.119. The summed E-state index contributed by atoms with van der Waals surface area (Å²) < 4.78 is 71.1. The summed E-state index contributed by atoms with van der Waals surface area (Å²) in [6.07, 6.45) is -1.33. The Hall–Kier alpha value is -3.90. The van der Waals surface area contributed by atoms with Gasteiger partial charge in [-0.2, -0.15) is 0 Å². The van der Waals surface area contributed by atoms with E-state index < -0.39 is 49.2 Å². The number of thiocarbonyl (C=S) groups is 1. The maximum Gasteiger partial charge on any atom is 0.414 e. The molecule has 18 heteroatoms. The van der Waals surface area contributed by atoms with Gasteiger partial charge in [-0.15, -0.1) is 0 Å². The summed E-state index contributed by atoms with van der Waals surface area (Å²) in [5.74, 6) is 2.66. The number of cyclic esters (lactones) is 2. The second-order valence-corrected chi connectivity index (χ2v) is 19.1. The minimum atomic E-state index is -2.73. The Morgan fingerprint density at radius 2 is 1.25 bits per heavy atom. The Morgan fingerprint density at radius 1 is 0.830 bits per heavy atom. The maximum atomic E-state index is 12.4. The van der Waals surface area contributed by atoms with Gasteiger partial charge in [0.2, 0.25) is 5.91 Å². The molecule has 0 unspecified atom stereocenters. The Morgan fingerprint density at radius 3 is 1.64 bits per heavy atom. The van der Waals surface area contributed by atoms with E-state index in [0.29, 0.717) is 53.6 Å². The molecule has 2 aromatic carbocycles. The predicted octanol–water partition coefficient (Wildman–Crippen LogP) is 5.24. The SMILES string of the molecule is CC(=O)NC[C@H]1CN(c2ccc(C3CCS(=N)(=O)CC3)cc2)C(=O)O1.CN=S1(=O)CCC(c2ccc(N3C[C@H](CNC(=S)C(F)F)OC3=O)cc2)CC1. The van der Waals surface area contributed by atoms with Crippen LogP contribution in [0.15, 0.2) is 52.9 Å². The van der Waals surface area contributed by atoms with E-state index in [0.717, 1.165) is 42.5 Å². The average molecular weight is 797 g/mol. The fraction of sp³-hybridized carbons (Fsp3) is 0.543. The second kappa shape index (κ2) is 17.5. The fourth-order valence-corrected chi connectivity index (χ4v) is 10.2. The fourth-order valence-electron chi connectivity index (χ4n) is 6.74. The molecule has 53 heavy (non-hydrogen) atoms. The van der Waals surface area contributed by atoms with E-state index in [-0.39, 0.29) is 25.1 Å². The van der Waals surface area contributed by atoms with Gasteiger partial charge in [-0.05, 0) is 72.9 Å². The van der Waals surface area contributed by atoms with Gasteiger partial charge >= 0.3 is 12.2 Å². The van der Waals surface area contributed by atoms with E-state index in [2.05, 4.69) is 27.2 Å². The number of hydrogen-bond acceptors (Lipinski definition) is 10. The summed E-state index contributed by atoms with van der Waals surface area (Å²) in [4.78, 5) is 37.6. The average Bonchev–Trinajstić information content (AvgIpc) is 3.71. The number of carbonyl (C=O) groups excluding carboxylic acids is 3. The number of anilines is 2. The van der Waals surface area contributed by atoms with Gasteiger partial charge < -0.3 is 20.1 Å². The van der Waals surface area contributed by atoms with Crippen LogP contribution in [0.25, 0.3) is 0 Å². The third kappa shape index (κ3) is 10.8. The zero-order valence-electron chi connectivity index (χ0n) is 29.7. The van der Waals surface area contributed by atoms with E-state index >= 15 is 0 Å².